The van der Waals surface area contributed by atoms with Crippen molar-refractivity contribution < 1.29 is 4.42 Å². The topological polar surface area (TPSA) is 25.2 Å². The van der Waals surface area contributed by atoms with Crippen molar-refractivity contribution in [3.05, 3.63) is 101 Å². The van der Waals surface area contributed by atoms with Gasteiger partial charge in [-0.2, -0.15) is 0 Å². The van der Waals surface area contributed by atoms with Gasteiger partial charge in [-0.3, -0.25) is 0 Å². The average Bonchev–Trinajstić information content (AvgIpc) is 3.29. The molecule has 4 aromatic rings. The van der Waals surface area contributed by atoms with Crippen LogP contribution in [-0.2, 0) is 11.8 Å². The molecule has 6 rings (SSSR count). The second-order valence-corrected chi connectivity index (χ2v) is 10.3. The van der Waals surface area contributed by atoms with E-state index < -0.39 is 0 Å². The molecule has 0 aliphatic heterocycles. The predicted octanol–water partition coefficient (Wildman–Crippen LogP) is 8.59. The molecule has 0 fully saturated rings. The first-order chi connectivity index (χ1) is 15.9. The van der Waals surface area contributed by atoms with E-state index in [9.17, 15) is 0 Å². The highest BCUT2D eigenvalue weighted by molar-refractivity contribution is 5.91. The maximum atomic E-state index is 6.29. The van der Waals surface area contributed by atoms with Crippen LogP contribution in [0.15, 0.2) is 77.2 Å². The van der Waals surface area contributed by atoms with Crippen LogP contribution < -0.4 is 5.32 Å². The van der Waals surface area contributed by atoms with Gasteiger partial charge in [0.2, 0.25) is 0 Å². The van der Waals surface area contributed by atoms with Crippen molar-refractivity contribution >= 4 is 27.9 Å². The van der Waals surface area contributed by atoms with Gasteiger partial charge in [0.1, 0.15) is 11.3 Å². The third-order valence-electron chi connectivity index (χ3n) is 8.30. The lowest BCUT2D eigenvalue weighted by Gasteiger charge is -2.26. The third kappa shape index (κ3) is 3.08. The summed E-state index contributed by atoms with van der Waals surface area (Å²) in [6.07, 6.45) is 4.41. The van der Waals surface area contributed by atoms with Gasteiger partial charge in [0.25, 0.3) is 0 Å². The summed E-state index contributed by atoms with van der Waals surface area (Å²) in [4.78, 5) is 0. The summed E-state index contributed by atoms with van der Waals surface area (Å²) in [5.74, 6) is 2.19. The summed E-state index contributed by atoms with van der Waals surface area (Å²) in [5, 5.41) is 4.97. The molecule has 2 aliphatic carbocycles. The van der Waals surface area contributed by atoms with Crippen LogP contribution in [0.2, 0.25) is 0 Å². The SMILES string of the molecule is CC1c2c(Nc3ccc(C4=CCCc5c4oc4ccccc54)cc3)cccc2C(C)(C)C1C. The Morgan fingerprint density at radius 2 is 1.70 bits per heavy atom. The molecule has 2 nitrogen and oxygen atoms in total. The number of para-hydroxylation sites is 1. The molecule has 1 N–H and O–H groups in total. The Kier molecular flexibility index (Phi) is 4.55. The van der Waals surface area contributed by atoms with Crippen molar-refractivity contribution in [1.29, 1.82) is 0 Å². The van der Waals surface area contributed by atoms with E-state index in [4.69, 9.17) is 4.42 Å². The number of aryl methyl sites for hydroxylation is 1. The monoisotopic (exact) mass is 433 g/mol. The average molecular weight is 434 g/mol. The molecule has 166 valence electrons. The highest BCUT2D eigenvalue weighted by Crippen LogP contribution is 2.52. The van der Waals surface area contributed by atoms with Gasteiger partial charge in [-0.05, 0) is 71.0 Å². The van der Waals surface area contributed by atoms with Gasteiger partial charge in [0, 0.05) is 27.9 Å². The minimum absolute atomic E-state index is 0.202. The van der Waals surface area contributed by atoms with Crippen molar-refractivity contribution in [3.63, 3.8) is 0 Å². The van der Waals surface area contributed by atoms with Gasteiger partial charge in [-0.15, -0.1) is 0 Å². The maximum absolute atomic E-state index is 6.29. The Morgan fingerprint density at radius 1 is 0.909 bits per heavy atom. The van der Waals surface area contributed by atoms with E-state index in [1.807, 2.05) is 6.07 Å². The first-order valence-electron chi connectivity index (χ1n) is 12.2. The molecule has 3 aromatic carbocycles. The molecule has 2 unspecified atom stereocenters. The zero-order chi connectivity index (χ0) is 22.7. The van der Waals surface area contributed by atoms with E-state index in [0.717, 1.165) is 29.9 Å². The van der Waals surface area contributed by atoms with E-state index in [1.54, 1.807) is 0 Å². The number of benzene rings is 3. The fourth-order valence-corrected chi connectivity index (χ4v) is 6.00. The van der Waals surface area contributed by atoms with Crippen LogP contribution in [0.1, 0.15) is 68.0 Å². The largest absolute Gasteiger partial charge is 0.456 e. The van der Waals surface area contributed by atoms with E-state index in [2.05, 4.69) is 99.8 Å². The fourth-order valence-electron chi connectivity index (χ4n) is 6.00. The highest BCUT2D eigenvalue weighted by Gasteiger charge is 2.42. The molecule has 33 heavy (non-hydrogen) atoms. The van der Waals surface area contributed by atoms with Crippen LogP contribution in [0.25, 0.3) is 16.5 Å². The zero-order valence-corrected chi connectivity index (χ0v) is 19.9. The third-order valence-corrected chi connectivity index (χ3v) is 8.30. The summed E-state index contributed by atoms with van der Waals surface area (Å²) in [5.41, 5.74) is 10.3. The summed E-state index contributed by atoms with van der Waals surface area (Å²) in [6, 6.07) is 23.9. The molecule has 0 saturated carbocycles. The summed E-state index contributed by atoms with van der Waals surface area (Å²) in [6.45, 7) is 9.51. The van der Waals surface area contributed by atoms with Gasteiger partial charge in [0.15, 0.2) is 0 Å². The Bertz CT molecular complexity index is 1390. The number of rotatable bonds is 3. The molecule has 2 aliphatic rings. The number of nitrogens with one attached hydrogen (secondary N) is 1. The summed E-state index contributed by atoms with van der Waals surface area (Å²) >= 11 is 0. The van der Waals surface area contributed by atoms with E-state index in [0.29, 0.717) is 11.8 Å². The van der Waals surface area contributed by atoms with Crippen LogP contribution in [-0.4, -0.2) is 0 Å². The molecular formula is C31H31NO. The zero-order valence-electron chi connectivity index (χ0n) is 19.9. The van der Waals surface area contributed by atoms with Crippen molar-refractivity contribution in [2.24, 2.45) is 5.92 Å². The van der Waals surface area contributed by atoms with Crippen LogP contribution in [0.5, 0.6) is 0 Å². The Labute approximate surface area is 196 Å². The maximum Gasteiger partial charge on any atom is 0.138 e. The first kappa shape index (κ1) is 20.4. The van der Waals surface area contributed by atoms with Crippen LogP contribution in [0, 0.1) is 5.92 Å². The van der Waals surface area contributed by atoms with Crippen molar-refractivity contribution in [2.45, 2.75) is 51.9 Å². The minimum atomic E-state index is 0.202. The molecular weight excluding hydrogens is 402 g/mol. The number of hydrogen-bond donors (Lipinski definition) is 1. The fraction of sp³-hybridized carbons (Fsp3) is 0.290. The predicted molar refractivity (Wildman–Crippen MR) is 138 cm³/mol. The van der Waals surface area contributed by atoms with Crippen LogP contribution in [0.4, 0.5) is 11.4 Å². The molecule has 0 bridgehead atoms. The quantitative estimate of drug-likeness (QED) is 0.350. The molecule has 1 heterocycles. The van der Waals surface area contributed by atoms with Gasteiger partial charge in [-0.25, -0.2) is 0 Å². The lowest BCUT2D eigenvalue weighted by atomic mass is 9.78. The lowest BCUT2D eigenvalue weighted by molar-refractivity contribution is 0.342. The Balaban J connectivity index is 1.32. The lowest BCUT2D eigenvalue weighted by Crippen LogP contribution is -2.22. The summed E-state index contributed by atoms with van der Waals surface area (Å²) in [7, 11) is 0. The van der Waals surface area contributed by atoms with E-state index >= 15 is 0 Å². The smallest absolute Gasteiger partial charge is 0.138 e. The minimum Gasteiger partial charge on any atom is -0.456 e. The Hall–Kier alpha value is -3.26. The number of allylic oxidation sites excluding steroid dienone is 1. The molecule has 2 atom stereocenters. The molecule has 0 amide bonds. The number of fused-ring (bicyclic) bond motifs is 4. The molecule has 0 saturated heterocycles. The van der Waals surface area contributed by atoms with Gasteiger partial charge >= 0.3 is 0 Å². The molecule has 1 aromatic heterocycles. The second-order valence-electron chi connectivity index (χ2n) is 10.3. The molecule has 0 spiro atoms. The first-order valence-corrected chi connectivity index (χ1v) is 12.2. The van der Waals surface area contributed by atoms with Gasteiger partial charge in [0.05, 0.1) is 0 Å². The van der Waals surface area contributed by atoms with E-state index in [1.165, 1.54) is 38.9 Å². The summed E-state index contributed by atoms with van der Waals surface area (Å²) < 4.78 is 6.29. The Morgan fingerprint density at radius 3 is 2.52 bits per heavy atom. The van der Waals surface area contributed by atoms with Crippen LogP contribution >= 0.6 is 0 Å². The highest BCUT2D eigenvalue weighted by atomic mass is 16.3. The van der Waals surface area contributed by atoms with Crippen molar-refractivity contribution in [2.75, 3.05) is 5.32 Å². The molecule has 0 radical (unpaired) electrons. The number of hydrogen-bond acceptors (Lipinski definition) is 2. The number of furan rings is 1. The normalized spacial score (nSPS) is 20.9. The standard InChI is InChI=1S/C31H31NO/c1-19-20(2)31(3,4)26-12-8-13-27(29(19)26)32-22-17-15-21(16-18-22)23-10-7-11-25-24-9-5-6-14-28(24)33-30(23)25/h5-6,8-10,12-20,32H,7,11H2,1-4H3. The van der Waals surface area contributed by atoms with E-state index in [-0.39, 0.29) is 5.41 Å². The van der Waals surface area contributed by atoms with Crippen molar-refractivity contribution in [3.8, 4) is 0 Å². The van der Waals surface area contributed by atoms with Crippen molar-refractivity contribution in [1.82, 2.24) is 0 Å². The molecule has 2 heteroatoms. The van der Waals surface area contributed by atoms with Gasteiger partial charge < -0.3 is 9.73 Å². The number of anilines is 2. The second kappa shape index (κ2) is 7.38. The van der Waals surface area contributed by atoms with Crippen LogP contribution in [0.3, 0.4) is 0 Å². The van der Waals surface area contributed by atoms with Gasteiger partial charge in [-0.1, -0.05) is 76.2 Å².